The number of benzene rings is 1. The smallest absolute Gasteiger partial charge is 0.178 e. The molecule has 1 aromatic carbocycles. The molecule has 0 spiro atoms. The lowest BCUT2D eigenvalue weighted by Gasteiger charge is -2.12. The van der Waals surface area contributed by atoms with Crippen molar-refractivity contribution in [2.75, 3.05) is 27.2 Å². The Morgan fingerprint density at radius 3 is 2.33 bits per heavy atom. The molecule has 2 rings (SSSR count). The van der Waals surface area contributed by atoms with E-state index in [9.17, 15) is 4.79 Å². The number of ketones is 1. The van der Waals surface area contributed by atoms with Crippen molar-refractivity contribution in [3.05, 3.63) is 71.9 Å². The van der Waals surface area contributed by atoms with Gasteiger partial charge in [0.1, 0.15) is 5.75 Å². The van der Waals surface area contributed by atoms with Gasteiger partial charge in [0.25, 0.3) is 0 Å². The SMILES string of the molecule is C/C=C\C(=C1C=CC(=O)C=C1)c1ccc(OCCCN(C)C)cc1. The zero-order valence-electron chi connectivity index (χ0n) is 14.7. The molecule has 0 atom stereocenters. The van der Waals surface area contributed by atoms with Crippen LogP contribution in [0.1, 0.15) is 18.9 Å². The molecule has 0 radical (unpaired) electrons. The Balaban J connectivity index is 2.10. The van der Waals surface area contributed by atoms with Gasteiger partial charge in [0.05, 0.1) is 6.61 Å². The second-order valence-electron chi connectivity index (χ2n) is 5.97. The van der Waals surface area contributed by atoms with Crippen molar-refractivity contribution in [1.29, 1.82) is 0 Å². The van der Waals surface area contributed by atoms with Gasteiger partial charge in [-0.25, -0.2) is 0 Å². The molecule has 126 valence electrons. The van der Waals surface area contributed by atoms with E-state index in [4.69, 9.17) is 4.74 Å². The molecule has 0 amide bonds. The predicted molar refractivity (Wildman–Crippen MR) is 100 cm³/mol. The summed E-state index contributed by atoms with van der Waals surface area (Å²) < 4.78 is 5.78. The van der Waals surface area contributed by atoms with E-state index < -0.39 is 0 Å². The van der Waals surface area contributed by atoms with Crippen LogP contribution in [0.3, 0.4) is 0 Å². The van der Waals surface area contributed by atoms with Gasteiger partial charge in [-0.2, -0.15) is 0 Å². The molecule has 0 unspecified atom stereocenters. The fraction of sp³-hybridized carbons (Fsp3) is 0.286. The van der Waals surface area contributed by atoms with Gasteiger partial charge in [-0.05, 0) is 68.4 Å². The zero-order chi connectivity index (χ0) is 17.4. The minimum Gasteiger partial charge on any atom is -0.494 e. The molecule has 24 heavy (non-hydrogen) atoms. The first kappa shape index (κ1) is 18.0. The van der Waals surface area contributed by atoms with E-state index in [1.807, 2.05) is 37.3 Å². The molecule has 0 saturated heterocycles. The third-order valence-electron chi connectivity index (χ3n) is 3.68. The Morgan fingerprint density at radius 2 is 1.75 bits per heavy atom. The average molecular weight is 323 g/mol. The summed E-state index contributed by atoms with van der Waals surface area (Å²) in [6.45, 7) is 3.73. The van der Waals surface area contributed by atoms with Crippen LogP contribution >= 0.6 is 0 Å². The Bertz CT molecular complexity index is 658. The van der Waals surface area contributed by atoms with Gasteiger partial charge >= 0.3 is 0 Å². The van der Waals surface area contributed by atoms with E-state index in [1.54, 1.807) is 12.2 Å². The maximum absolute atomic E-state index is 11.3. The molecule has 0 N–H and O–H groups in total. The van der Waals surface area contributed by atoms with Crippen LogP contribution in [-0.4, -0.2) is 37.9 Å². The second kappa shape index (κ2) is 9.04. The first-order valence-electron chi connectivity index (χ1n) is 8.25. The van der Waals surface area contributed by atoms with Gasteiger partial charge in [-0.15, -0.1) is 0 Å². The topological polar surface area (TPSA) is 29.5 Å². The molecular weight excluding hydrogens is 298 g/mol. The standard InChI is InChI=1S/C21H25NO2/c1-4-6-21(17-7-11-19(23)12-8-17)18-9-13-20(14-10-18)24-16-5-15-22(2)3/h4,6-14H,5,15-16H2,1-3H3/b6-4-. The highest BCUT2D eigenvalue weighted by molar-refractivity contribution is 6.02. The fourth-order valence-electron chi connectivity index (χ4n) is 2.46. The van der Waals surface area contributed by atoms with Crippen LogP contribution in [-0.2, 0) is 4.79 Å². The van der Waals surface area contributed by atoms with Crippen molar-refractivity contribution >= 4 is 11.4 Å². The zero-order valence-corrected chi connectivity index (χ0v) is 14.7. The van der Waals surface area contributed by atoms with E-state index in [1.165, 1.54) is 0 Å². The number of allylic oxidation sites excluding steroid dienone is 8. The van der Waals surface area contributed by atoms with Crippen molar-refractivity contribution in [1.82, 2.24) is 4.90 Å². The number of hydrogen-bond acceptors (Lipinski definition) is 3. The summed E-state index contributed by atoms with van der Waals surface area (Å²) in [4.78, 5) is 13.5. The van der Waals surface area contributed by atoms with Crippen molar-refractivity contribution in [3.8, 4) is 5.75 Å². The van der Waals surface area contributed by atoms with Crippen molar-refractivity contribution in [2.45, 2.75) is 13.3 Å². The van der Waals surface area contributed by atoms with Crippen LogP contribution in [0, 0.1) is 0 Å². The van der Waals surface area contributed by atoms with Crippen LogP contribution in [0.25, 0.3) is 5.57 Å². The number of ether oxygens (including phenoxy) is 1. The first-order chi connectivity index (χ1) is 11.6. The first-order valence-corrected chi connectivity index (χ1v) is 8.25. The summed E-state index contributed by atoms with van der Waals surface area (Å²) >= 11 is 0. The van der Waals surface area contributed by atoms with E-state index in [2.05, 4.69) is 37.2 Å². The molecule has 0 bridgehead atoms. The molecule has 0 fully saturated rings. The third kappa shape index (κ3) is 5.36. The lowest BCUT2D eigenvalue weighted by Crippen LogP contribution is -2.15. The van der Waals surface area contributed by atoms with Crippen LogP contribution in [0.15, 0.2) is 66.3 Å². The van der Waals surface area contributed by atoms with Crippen LogP contribution in [0.5, 0.6) is 5.75 Å². The minimum atomic E-state index is 0.0278. The van der Waals surface area contributed by atoms with Crippen molar-refractivity contribution in [2.24, 2.45) is 0 Å². The van der Waals surface area contributed by atoms with Gasteiger partial charge in [0.2, 0.25) is 0 Å². The average Bonchev–Trinajstić information content (AvgIpc) is 2.58. The summed E-state index contributed by atoms with van der Waals surface area (Å²) in [6, 6.07) is 8.11. The van der Waals surface area contributed by atoms with Gasteiger partial charge in [0, 0.05) is 6.54 Å². The maximum atomic E-state index is 11.3. The van der Waals surface area contributed by atoms with Gasteiger partial charge in [-0.1, -0.05) is 36.4 Å². The third-order valence-corrected chi connectivity index (χ3v) is 3.68. The van der Waals surface area contributed by atoms with E-state index >= 15 is 0 Å². The monoisotopic (exact) mass is 323 g/mol. The Hall–Kier alpha value is -2.39. The number of carbonyl (C=O) groups excluding carboxylic acids is 1. The van der Waals surface area contributed by atoms with Gasteiger partial charge in [-0.3, -0.25) is 4.79 Å². The largest absolute Gasteiger partial charge is 0.494 e. The molecule has 1 aromatic rings. The molecule has 3 nitrogen and oxygen atoms in total. The van der Waals surface area contributed by atoms with Crippen LogP contribution in [0.4, 0.5) is 0 Å². The summed E-state index contributed by atoms with van der Waals surface area (Å²) in [5.41, 5.74) is 3.23. The lowest BCUT2D eigenvalue weighted by atomic mass is 9.96. The maximum Gasteiger partial charge on any atom is 0.178 e. The summed E-state index contributed by atoms with van der Waals surface area (Å²) in [5.74, 6) is 0.910. The number of rotatable bonds is 7. The molecular formula is C21H25NO2. The Morgan fingerprint density at radius 1 is 1.08 bits per heavy atom. The fourth-order valence-corrected chi connectivity index (χ4v) is 2.46. The molecule has 1 aliphatic carbocycles. The van der Waals surface area contributed by atoms with Gasteiger partial charge < -0.3 is 9.64 Å². The quantitative estimate of drug-likeness (QED) is 0.709. The summed E-state index contributed by atoms with van der Waals surface area (Å²) in [5, 5.41) is 0. The highest BCUT2D eigenvalue weighted by Gasteiger charge is 2.07. The summed E-state index contributed by atoms with van der Waals surface area (Å²) in [7, 11) is 4.12. The Kier molecular flexibility index (Phi) is 6.76. The molecule has 0 aromatic heterocycles. The number of nitrogens with zero attached hydrogens (tertiary/aromatic N) is 1. The molecule has 3 heteroatoms. The van der Waals surface area contributed by atoms with E-state index in [-0.39, 0.29) is 5.78 Å². The molecule has 0 saturated carbocycles. The van der Waals surface area contributed by atoms with E-state index in [0.29, 0.717) is 6.61 Å². The van der Waals surface area contributed by atoms with E-state index in [0.717, 1.165) is 35.4 Å². The number of carbonyl (C=O) groups is 1. The van der Waals surface area contributed by atoms with Crippen LogP contribution < -0.4 is 4.74 Å². The molecule has 0 heterocycles. The minimum absolute atomic E-state index is 0.0278. The molecule has 0 aliphatic heterocycles. The lowest BCUT2D eigenvalue weighted by molar-refractivity contribution is -0.110. The van der Waals surface area contributed by atoms with Gasteiger partial charge in [0.15, 0.2) is 5.78 Å². The predicted octanol–water partition coefficient (Wildman–Crippen LogP) is 4.04. The highest BCUT2D eigenvalue weighted by atomic mass is 16.5. The van der Waals surface area contributed by atoms with Crippen molar-refractivity contribution in [3.63, 3.8) is 0 Å². The van der Waals surface area contributed by atoms with Crippen LogP contribution in [0.2, 0.25) is 0 Å². The summed E-state index contributed by atoms with van der Waals surface area (Å²) in [6.07, 6.45) is 12.0. The normalized spacial score (nSPS) is 14.0. The van der Waals surface area contributed by atoms with Crippen molar-refractivity contribution < 1.29 is 9.53 Å². The second-order valence-corrected chi connectivity index (χ2v) is 5.97. The number of hydrogen-bond donors (Lipinski definition) is 0. The highest BCUT2D eigenvalue weighted by Crippen LogP contribution is 2.25. The molecule has 1 aliphatic rings. The Labute approximate surface area is 144 Å².